The molecule has 0 bridgehead atoms. The zero-order valence-corrected chi connectivity index (χ0v) is 13.2. The van der Waals surface area contributed by atoms with E-state index in [4.69, 9.17) is 5.26 Å². The van der Waals surface area contributed by atoms with E-state index in [-0.39, 0.29) is 5.69 Å². The monoisotopic (exact) mass is 372 g/mol. The fourth-order valence-electron chi connectivity index (χ4n) is 2.03. The van der Waals surface area contributed by atoms with Crippen molar-refractivity contribution >= 4 is 38.0 Å². The summed E-state index contributed by atoms with van der Waals surface area (Å²) in [4.78, 5) is 5.90. The van der Waals surface area contributed by atoms with E-state index in [1.807, 2.05) is 6.07 Å². The Balaban J connectivity index is 2.00. The summed E-state index contributed by atoms with van der Waals surface area (Å²) in [7, 11) is -4.29. The molecule has 0 aliphatic heterocycles. The summed E-state index contributed by atoms with van der Waals surface area (Å²) < 4.78 is 63.7. The highest BCUT2D eigenvalue weighted by Gasteiger charge is 2.35. The minimum Gasteiger partial charge on any atom is -0.358 e. The highest BCUT2D eigenvalue weighted by molar-refractivity contribution is 7.94. The van der Waals surface area contributed by atoms with Crippen LogP contribution in [0.1, 0.15) is 11.3 Å². The lowest BCUT2D eigenvalue weighted by Gasteiger charge is -2.07. The number of nitriles is 1. The molecule has 3 rings (SSSR count). The Morgan fingerprint density at radius 1 is 1.33 bits per heavy atom. The lowest BCUT2D eigenvalue weighted by molar-refractivity contribution is -0.141. The van der Waals surface area contributed by atoms with Gasteiger partial charge in [0.2, 0.25) is 4.34 Å². The Morgan fingerprint density at radius 2 is 2.08 bits per heavy atom. The molecule has 3 aromatic rings. The lowest BCUT2D eigenvalue weighted by atomic mass is 10.2. The highest BCUT2D eigenvalue weighted by Crippen LogP contribution is 2.32. The van der Waals surface area contributed by atoms with E-state index in [2.05, 4.69) is 14.7 Å². The van der Waals surface area contributed by atoms with Crippen molar-refractivity contribution in [2.75, 3.05) is 4.72 Å². The molecule has 0 atom stereocenters. The fraction of sp³-hybridized carbons (Fsp3) is 0.0769. The van der Waals surface area contributed by atoms with Crippen LogP contribution in [-0.4, -0.2) is 18.4 Å². The first kappa shape index (κ1) is 16.3. The van der Waals surface area contributed by atoms with Gasteiger partial charge in [0.1, 0.15) is 6.07 Å². The van der Waals surface area contributed by atoms with E-state index in [1.54, 1.807) is 6.07 Å². The molecule has 0 saturated heterocycles. The second-order valence-electron chi connectivity index (χ2n) is 4.64. The van der Waals surface area contributed by atoms with Gasteiger partial charge in [-0.15, -0.1) is 11.3 Å². The van der Waals surface area contributed by atoms with Crippen LogP contribution < -0.4 is 4.72 Å². The molecule has 0 aliphatic rings. The third-order valence-corrected chi connectivity index (χ3v) is 5.70. The predicted molar refractivity (Wildman–Crippen MR) is 80.9 cm³/mol. The number of nitrogens with one attached hydrogen (secondary N) is 2. The molecule has 0 aliphatic carbocycles. The molecule has 2 aromatic heterocycles. The molecule has 0 spiro atoms. The van der Waals surface area contributed by atoms with E-state index >= 15 is 0 Å². The number of hydrogen-bond acceptors (Lipinski definition) is 5. The largest absolute Gasteiger partial charge is 0.434 e. The number of anilines is 1. The molecular formula is C13H7F3N4O2S2. The highest BCUT2D eigenvalue weighted by atomic mass is 32.2. The average Bonchev–Trinajstić information content (AvgIpc) is 3.14. The Morgan fingerprint density at radius 3 is 2.71 bits per heavy atom. The van der Waals surface area contributed by atoms with Crippen LogP contribution in [0.25, 0.3) is 10.9 Å². The van der Waals surface area contributed by atoms with Gasteiger partial charge in [-0.05, 0) is 6.07 Å². The summed E-state index contributed by atoms with van der Waals surface area (Å²) in [5.74, 6) is 0. The van der Waals surface area contributed by atoms with Crippen molar-refractivity contribution in [3.05, 3.63) is 41.0 Å². The second kappa shape index (κ2) is 5.50. The van der Waals surface area contributed by atoms with Crippen LogP contribution in [0.4, 0.5) is 18.9 Å². The molecule has 24 heavy (non-hydrogen) atoms. The van der Waals surface area contributed by atoms with Crippen LogP contribution >= 0.6 is 11.3 Å². The molecule has 0 unspecified atom stereocenters. The number of H-pyrrole nitrogens is 1. The first-order valence-electron chi connectivity index (χ1n) is 6.28. The summed E-state index contributed by atoms with van der Waals surface area (Å²) in [6.07, 6.45) is -3.31. The van der Waals surface area contributed by atoms with Gasteiger partial charge < -0.3 is 4.98 Å². The maximum absolute atomic E-state index is 12.6. The first-order chi connectivity index (χ1) is 11.2. The number of benzene rings is 1. The number of aromatic nitrogens is 2. The van der Waals surface area contributed by atoms with Crippen LogP contribution in [0, 0.1) is 11.3 Å². The van der Waals surface area contributed by atoms with E-state index in [9.17, 15) is 21.6 Å². The SMILES string of the molecule is N#Cc1c[nH]c2c(NS(=O)(=O)c3nc(C(F)(F)F)cs3)cccc12. The smallest absolute Gasteiger partial charge is 0.358 e. The quantitative estimate of drug-likeness (QED) is 0.737. The van der Waals surface area contributed by atoms with Crippen LogP contribution in [0.3, 0.4) is 0 Å². The number of rotatable bonds is 3. The standard InChI is InChI=1S/C13H7F3N4O2S2/c14-13(15,16)10-6-23-12(19-10)24(21,22)20-9-3-1-2-8-7(4-17)5-18-11(8)9/h1-3,5-6,18,20H. The molecule has 11 heteroatoms. The molecule has 0 saturated carbocycles. The zero-order chi connectivity index (χ0) is 17.5. The van der Waals surface area contributed by atoms with Gasteiger partial charge in [0.05, 0.1) is 16.8 Å². The van der Waals surface area contributed by atoms with Crippen molar-refractivity contribution in [3.8, 4) is 6.07 Å². The number of alkyl halides is 3. The average molecular weight is 372 g/mol. The Labute approximate surface area is 137 Å². The summed E-state index contributed by atoms with van der Waals surface area (Å²) in [5, 5.41) is 10.1. The maximum Gasteiger partial charge on any atom is 0.434 e. The van der Waals surface area contributed by atoms with Crippen LogP contribution in [0.15, 0.2) is 34.1 Å². The number of hydrogen-bond donors (Lipinski definition) is 2. The lowest BCUT2D eigenvalue weighted by Crippen LogP contribution is -2.14. The minimum absolute atomic E-state index is 0.109. The van der Waals surface area contributed by atoms with Crippen molar-refractivity contribution in [2.45, 2.75) is 10.5 Å². The number of thiazole rings is 1. The molecule has 0 amide bonds. The summed E-state index contributed by atoms with van der Waals surface area (Å²) in [6, 6.07) is 6.52. The van der Waals surface area contributed by atoms with Crippen LogP contribution in [-0.2, 0) is 16.2 Å². The molecule has 6 nitrogen and oxygen atoms in total. The Bertz CT molecular complexity index is 1060. The molecule has 0 fully saturated rings. The Hall–Kier alpha value is -2.58. The van der Waals surface area contributed by atoms with Gasteiger partial charge in [-0.3, -0.25) is 4.72 Å². The van der Waals surface area contributed by atoms with Crippen molar-refractivity contribution in [1.82, 2.24) is 9.97 Å². The van der Waals surface area contributed by atoms with Crippen LogP contribution in [0.5, 0.6) is 0 Å². The Kier molecular flexibility index (Phi) is 3.73. The summed E-state index contributed by atoms with van der Waals surface area (Å²) in [5.41, 5.74) is -0.486. The van der Waals surface area contributed by atoms with Gasteiger partial charge in [0, 0.05) is 17.0 Å². The van der Waals surface area contributed by atoms with Gasteiger partial charge in [-0.25, -0.2) is 4.98 Å². The zero-order valence-electron chi connectivity index (χ0n) is 11.5. The first-order valence-corrected chi connectivity index (χ1v) is 8.64. The van der Waals surface area contributed by atoms with Crippen LogP contribution in [0.2, 0.25) is 0 Å². The van der Waals surface area contributed by atoms with E-state index in [0.29, 0.717) is 33.2 Å². The maximum atomic E-state index is 12.6. The molecule has 2 heterocycles. The van der Waals surface area contributed by atoms with E-state index < -0.39 is 26.2 Å². The number of sulfonamides is 1. The molecule has 0 radical (unpaired) electrons. The summed E-state index contributed by atoms with van der Waals surface area (Å²) in [6.45, 7) is 0. The van der Waals surface area contributed by atoms with Crippen molar-refractivity contribution in [2.24, 2.45) is 0 Å². The third-order valence-electron chi connectivity index (χ3n) is 3.08. The molecule has 1 aromatic carbocycles. The van der Waals surface area contributed by atoms with Gasteiger partial charge >= 0.3 is 6.18 Å². The topological polar surface area (TPSA) is 98.6 Å². The number of para-hydroxylation sites is 1. The van der Waals surface area contributed by atoms with Gasteiger partial charge in [0.15, 0.2) is 5.69 Å². The van der Waals surface area contributed by atoms with Gasteiger partial charge in [-0.2, -0.15) is 26.9 Å². The number of fused-ring (bicyclic) bond motifs is 1. The number of nitrogens with zero attached hydrogens (tertiary/aromatic N) is 2. The molecule has 2 N–H and O–H groups in total. The normalized spacial score (nSPS) is 12.2. The van der Waals surface area contributed by atoms with E-state index in [1.165, 1.54) is 18.3 Å². The predicted octanol–water partition coefficient (Wildman–Crippen LogP) is 3.32. The number of aromatic amines is 1. The second-order valence-corrected chi connectivity index (χ2v) is 7.36. The summed E-state index contributed by atoms with van der Waals surface area (Å²) >= 11 is 0.374. The van der Waals surface area contributed by atoms with Crippen molar-refractivity contribution in [1.29, 1.82) is 5.26 Å². The van der Waals surface area contributed by atoms with Gasteiger partial charge in [-0.1, -0.05) is 12.1 Å². The molecule has 124 valence electrons. The van der Waals surface area contributed by atoms with E-state index in [0.717, 1.165) is 0 Å². The van der Waals surface area contributed by atoms with Crippen molar-refractivity contribution < 1.29 is 21.6 Å². The third kappa shape index (κ3) is 2.81. The van der Waals surface area contributed by atoms with Crippen molar-refractivity contribution in [3.63, 3.8) is 0 Å². The number of halogens is 3. The van der Waals surface area contributed by atoms with Gasteiger partial charge in [0.25, 0.3) is 10.0 Å². The fourth-order valence-corrected chi connectivity index (χ4v) is 4.12. The minimum atomic E-state index is -4.72. The molecular weight excluding hydrogens is 365 g/mol.